The van der Waals surface area contributed by atoms with Crippen LogP contribution in [0, 0.1) is 5.41 Å². The van der Waals surface area contributed by atoms with E-state index in [-0.39, 0.29) is 11.2 Å². The zero-order valence-corrected chi connectivity index (χ0v) is 14.4. The molecule has 0 aliphatic carbocycles. The zero-order valence-electron chi connectivity index (χ0n) is 14.4. The molecule has 1 fully saturated rings. The fourth-order valence-corrected chi connectivity index (χ4v) is 2.31. The first-order valence-electron chi connectivity index (χ1n) is 8.04. The quantitative estimate of drug-likeness (QED) is 0.876. The molecular weight excluding hydrogens is 321 g/mol. The molecule has 2 rings (SSSR count). The normalized spacial score (nSPS) is 16.2. The monoisotopic (exact) mass is 346 g/mol. The van der Waals surface area contributed by atoms with Gasteiger partial charge in [0.15, 0.2) is 6.61 Å². The Morgan fingerprint density at radius 1 is 1.17 bits per heavy atom. The van der Waals surface area contributed by atoms with E-state index in [2.05, 4.69) is 31.0 Å². The first kappa shape index (κ1) is 18.7. The van der Waals surface area contributed by atoms with Gasteiger partial charge in [-0.3, -0.25) is 0 Å². The molecule has 1 heterocycles. The molecule has 0 radical (unpaired) electrons. The second-order valence-corrected chi connectivity index (χ2v) is 7.10. The molecular formula is C17H25F3N2O2. The van der Waals surface area contributed by atoms with Crippen LogP contribution in [0.15, 0.2) is 18.2 Å². The van der Waals surface area contributed by atoms with Crippen LogP contribution in [0.4, 0.5) is 24.5 Å². The number of rotatable bonds is 5. The van der Waals surface area contributed by atoms with Crippen molar-refractivity contribution < 1.29 is 22.6 Å². The molecule has 1 saturated heterocycles. The number of halogens is 3. The maximum atomic E-state index is 12.5. The molecule has 4 nitrogen and oxygen atoms in total. The number of ether oxygens (including phenoxy) is 2. The number of hydrogen-bond donors (Lipinski definition) is 1. The molecule has 0 amide bonds. The molecule has 136 valence electrons. The van der Waals surface area contributed by atoms with Crippen LogP contribution in [0.5, 0.6) is 5.75 Å². The van der Waals surface area contributed by atoms with Crippen molar-refractivity contribution in [3.63, 3.8) is 0 Å². The van der Waals surface area contributed by atoms with E-state index in [0.29, 0.717) is 38.5 Å². The summed E-state index contributed by atoms with van der Waals surface area (Å²) in [7, 11) is 0. The van der Waals surface area contributed by atoms with Gasteiger partial charge < -0.3 is 19.7 Å². The third-order valence-corrected chi connectivity index (χ3v) is 3.54. The molecule has 1 aromatic carbocycles. The Morgan fingerprint density at radius 3 is 2.42 bits per heavy atom. The van der Waals surface area contributed by atoms with Crippen LogP contribution in [0.2, 0.25) is 0 Å². The van der Waals surface area contributed by atoms with Gasteiger partial charge in [-0.05, 0) is 17.5 Å². The molecule has 0 saturated carbocycles. The summed E-state index contributed by atoms with van der Waals surface area (Å²) in [5, 5.41) is 3.18. The van der Waals surface area contributed by atoms with E-state index in [1.54, 1.807) is 12.1 Å². The number of anilines is 2. The van der Waals surface area contributed by atoms with Gasteiger partial charge in [0, 0.05) is 31.4 Å². The van der Waals surface area contributed by atoms with Gasteiger partial charge >= 0.3 is 6.18 Å². The number of morpholine rings is 1. The smallest absolute Gasteiger partial charge is 0.422 e. The van der Waals surface area contributed by atoms with Crippen molar-refractivity contribution in [1.29, 1.82) is 0 Å². The highest BCUT2D eigenvalue weighted by Crippen LogP contribution is 2.32. The van der Waals surface area contributed by atoms with Crippen molar-refractivity contribution in [3.05, 3.63) is 18.2 Å². The van der Waals surface area contributed by atoms with Crippen molar-refractivity contribution in [3.8, 4) is 5.75 Å². The predicted molar refractivity (Wildman–Crippen MR) is 89.0 cm³/mol. The van der Waals surface area contributed by atoms with Crippen LogP contribution in [0.25, 0.3) is 0 Å². The van der Waals surface area contributed by atoms with Crippen LogP contribution in [-0.4, -0.2) is 45.6 Å². The average molecular weight is 346 g/mol. The molecule has 0 spiro atoms. The molecule has 7 heteroatoms. The lowest BCUT2D eigenvalue weighted by molar-refractivity contribution is -0.153. The fourth-order valence-electron chi connectivity index (χ4n) is 2.31. The Morgan fingerprint density at radius 2 is 1.83 bits per heavy atom. The van der Waals surface area contributed by atoms with Gasteiger partial charge in [-0.2, -0.15) is 13.2 Å². The van der Waals surface area contributed by atoms with E-state index in [9.17, 15) is 13.2 Å². The van der Waals surface area contributed by atoms with E-state index < -0.39 is 12.8 Å². The summed E-state index contributed by atoms with van der Waals surface area (Å²) in [6.07, 6.45) is -4.36. The van der Waals surface area contributed by atoms with Crippen LogP contribution >= 0.6 is 0 Å². The first-order valence-corrected chi connectivity index (χ1v) is 8.04. The number of nitrogens with zero attached hydrogens (tertiary/aromatic N) is 1. The lowest BCUT2D eigenvalue weighted by atomic mass is 9.97. The third kappa shape index (κ3) is 6.11. The lowest BCUT2D eigenvalue weighted by Gasteiger charge is -2.30. The standard InChI is InChI=1S/C17H25F3N2O2/c1-16(2,3)11-21-14-5-4-13(22-6-8-23-9-7-22)10-15(14)24-12-17(18,19)20/h4-5,10,21H,6-9,11-12H2,1-3H3. The second-order valence-electron chi connectivity index (χ2n) is 7.10. The van der Waals surface area contributed by atoms with Crippen molar-refractivity contribution in [2.45, 2.75) is 26.9 Å². The molecule has 24 heavy (non-hydrogen) atoms. The SMILES string of the molecule is CC(C)(C)CNc1ccc(N2CCOCC2)cc1OCC(F)(F)F. The molecule has 0 bridgehead atoms. The van der Waals surface area contributed by atoms with Gasteiger partial charge in [-0.1, -0.05) is 20.8 Å². The Bertz CT molecular complexity index is 536. The van der Waals surface area contributed by atoms with Gasteiger partial charge in [0.05, 0.1) is 18.9 Å². The van der Waals surface area contributed by atoms with E-state index in [4.69, 9.17) is 9.47 Å². The highest BCUT2D eigenvalue weighted by molar-refractivity contribution is 5.65. The molecule has 0 atom stereocenters. The zero-order chi connectivity index (χ0) is 17.8. The minimum atomic E-state index is -4.36. The van der Waals surface area contributed by atoms with E-state index in [1.807, 2.05) is 6.07 Å². The third-order valence-electron chi connectivity index (χ3n) is 3.54. The highest BCUT2D eigenvalue weighted by Gasteiger charge is 2.29. The van der Waals surface area contributed by atoms with Gasteiger partial charge in [-0.15, -0.1) is 0 Å². The maximum absolute atomic E-state index is 12.5. The minimum Gasteiger partial charge on any atom is -0.482 e. The van der Waals surface area contributed by atoms with Crippen molar-refractivity contribution in [1.82, 2.24) is 0 Å². The highest BCUT2D eigenvalue weighted by atomic mass is 19.4. The van der Waals surface area contributed by atoms with Crippen LogP contribution < -0.4 is 15.0 Å². The Hall–Kier alpha value is -1.63. The second kappa shape index (κ2) is 7.51. The van der Waals surface area contributed by atoms with Gasteiger partial charge in [-0.25, -0.2) is 0 Å². The number of hydrogen-bond acceptors (Lipinski definition) is 4. The summed E-state index contributed by atoms with van der Waals surface area (Å²) >= 11 is 0. The summed E-state index contributed by atoms with van der Waals surface area (Å²) in [5.74, 6) is 0.223. The number of benzene rings is 1. The summed E-state index contributed by atoms with van der Waals surface area (Å²) in [4.78, 5) is 2.08. The van der Waals surface area contributed by atoms with Crippen LogP contribution in [-0.2, 0) is 4.74 Å². The Labute approximate surface area is 140 Å². The molecule has 1 aliphatic rings. The molecule has 1 aromatic rings. The van der Waals surface area contributed by atoms with Crippen molar-refractivity contribution in [2.24, 2.45) is 5.41 Å². The minimum absolute atomic E-state index is 0.00414. The molecule has 1 aliphatic heterocycles. The predicted octanol–water partition coefficient (Wildman–Crippen LogP) is 3.92. The lowest BCUT2D eigenvalue weighted by Crippen LogP contribution is -2.36. The fraction of sp³-hybridized carbons (Fsp3) is 0.647. The summed E-state index contributed by atoms with van der Waals surface area (Å²) in [5.41, 5.74) is 1.42. The van der Waals surface area contributed by atoms with Gasteiger partial charge in [0.2, 0.25) is 0 Å². The van der Waals surface area contributed by atoms with Crippen LogP contribution in [0.1, 0.15) is 20.8 Å². The van der Waals surface area contributed by atoms with Crippen molar-refractivity contribution >= 4 is 11.4 Å². The topological polar surface area (TPSA) is 33.7 Å². The molecule has 0 unspecified atom stereocenters. The maximum Gasteiger partial charge on any atom is 0.422 e. The Balaban J connectivity index is 2.18. The van der Waals surface area contributed by atoms with E-state index in [1.165, 1.54) is 0 Å². The number of alkyl halides is 3. The number of nitrogens with one attached hydrogen (secondary N) is 1. The summed E-state index contributed by atoms with van der Waals surface area (Å²) in [6.45, 7) is 8.15. The van der Waals surface area contributed by atoms with Gasteiger partial charge in [0.1, 0.15) is 5.75 Å². The van der Waals surface area contributed by atoms with Gasteiger partial charge in [0.25, 0.3) is 0 Å². The molecule has 1 N–H and O–H groups in total. The largest absolute Gasteiger partial charge is 0.482 e. The summed E-state index contributed by atoms with van der Waals surface area (Å²) in [6, 6.07) is 5.35. The summed E-state index contributed by atoms with van der Waals surface area (Å²) < 4.78 is 48.0. The van der Waals surface area contributed by atoms with Crippen molar-refractivity contribution in [2.75, 3.05) is 49.7 Å². The first-order chi connectivity index (χ1) is 11.1. The average Bonchev–Trinajstić information content (AvgIpc) is 2.50. The van der Waals surface area contributed by atoms with Crippen LogP contribution in [0.3, 0.4) is 0 Å². The Kier molecular flexibility index (Phi) is 5.85. The van der Waals surface area contributed by atoms with E-state index in [0.717, 1.165) is 5.69 Å². The molecule has 0 aromatic heterocycles. The van der Waals surface area contributed by atoms with E-state index >= 15 is 0 Å².